The van der Waals surface area contributed by atoms with Gasteiger partial charge in [-0.2, -0.15) is 0 Å². The number of carbonyl (C=O) groups excluding carboxylic acids is 2. The summed E-state index contributed by atoms with van der Waals surface area (Å²) >= 11 is 0. The molecule has 1 atom stereocenters. The minimum absolute atomic E-state index is 0.0500. The fourth-order valence-corrected chi connectivity index (χ4v) is 2.92. The second-order valence-corrected chi connectivity index (χ2v) is 7.09. The van der Waals surface area contributed by atoms with Gasteiger partial charge < -0.3 is 16.0 Å². The number of rotatable bonds is 8. The van der Waals surface area contributed by atoms with Crippen LogP contribution in [0.5, 0.6) is 0 Å². The van der Waals surface area contributed by atoms with E-state index < -0.39 is 0 Å². The van der Waals surface area contributed by atoms with Crippen molar-refractivity contribution in [1.29, 1.82) is 0 Å². The maximum atomic E-state index is 12.1. The Labute approximate surface area is 161 Å². The third-order valence-corrected chi connectivity index (χ3v) is 4.63. The summed E-state index contributed by atoms with van der Waals surface area (Å²) in [7, 11) is 0. The molecule has 0 aromatic heterocycles. The zero-order chi connectivity index (χ0) is 19.8. The van der Waals surface area contributed by atoms with Crippen molar-refractivity contribution >= 4 is 17.5 Å². The van der Waals surface area contributed by atoms with E-state index in [-0.39, 0.29) is 30.9 Å². The number of hydrogen-bond acceptors (Lipinski definition) is 3. The van der Waals surface area contributed by atoms with Crippen molar-refractivity contribution in [3.8, 4) is 0 Å². The Hall–Kier alpha value is -2.66. The Morgan fingerprint density at radius 2 is 1.59 bits per heavy atom. The van der Waals surface area contributed by atoms with Crippen LogP contribution in [-0.2, 0) is 9.59 Å². The Morgan fingerprint density at radius 3 is 2.26 bits per heavy atom. The zero-order valence-electron chi connectivity index (χ0n) is 16.5. The van der Waals surface area contributed by atoms with E-state index in [1.807, 2.05) is 62.4 Å². The topological polar surface area (TPSA) is 70.2 Å². The first-order chi connectivity index (χ1) is 12.9. The van der Waals surface area contributed by atoms with Crippen LogP contribution in [0.25, 0.3) is 0 Å². The number of anilines is 1. The van der Waals surface area contributed by atoms with Gasteiger partial charge in [0.15, 0.2) is 0 Å². The van der Waals surface area contributed by atoms with Gasteiger partial charge in [-0.15, -0.1) is 0 Å². The summed E-state index contributed by atoms with van der Waals surface area (Å²) in [5.41, 5.74) is 4.06. The van der Waals surface area contributed by atoms with E-state index in [1.165, 1.54) is 0 Å². The molecule has 0 spiro atoms. The van der Waals surface area contributed by atoms with Crippen LogP contribution in [0, 0.1) is 19.8 Å². The number of hydrogen-bond donors (Lipinski definition) is 3. The molecule has 5 nitrogen and oxygen atoms in total. The lowest BCUT2D eigenvalue weighted by atomic mass is 9.96. The van der Waals surface area contributed by atoms with Crippen LogP contribution in [0.4, 0.5) is 5.69 Å². The van der Waals surface area contributed by atoms with Crippen LogP contribution >= 0.6 is 0 Å². The Balaban J connectivity index is 1.81. The van der Waals surface area contributed by atoms with Gasteiger partial charge in [-0.05, 0) is 42.5 Å². The fraction of sp³-hybridized carbons (Fsp3) is 0.364. The predicted molar refractivity (Wildman–Crippen MR) is 110 cm³/mol. The molecular formula is C22H29N3O2. The molecule has 0 heterocycles. The molecule has 144 valence electrons. The van der Waals surface area contributed by atoms with E-state index in [9.17, 15) is 9.59 Å². The van der Waals surface area contributed by atoms with Crippen molar-refractivity contribution < 1.29 is 9.59 Å². The molecule has 2 amide bonds. The molecule has 3 N–H and O–H groups in total. The smallest absolute Gasteiger partial charge is 0.243 e. The lowest BCUT2D eigenvalue weighted by Crippen LogP contribution is -2.40. The van der Waals surface area contributed by atoms with Gasteiger partial charge in [0.1, 0.15) is 0 Å². The lowest BCUT2D eigenvalue weighted by molar-refractivity contribution is -0.123. The highest BCUT2D eigenvalue weighted by Crippen LogP contribution is 2.21. The average Bonchev–Trinajstić information content (AvgIpc) is 2.64. The normalized spacial score (nSPS) is 11.9. The largest absolute Gasteiger partial charge is 0.346 e. The molecule has 5 heteroatoms. The summed E-state index contributed by atoms with van der Waals surface area (Å²) < 4.78 is 0. The molecular weight excluding hydrogens is 338 g/mol. The SMILES string of the molecule is Cc1cccc(NC(=O)CNC(=O)CN[C@H](c2ccccc2)C(C)C)c1C. The molecule has 0 aliphatic carbocycles. The summed E-state index contributed by atoms with van der Waals surface area (Å²) in [4.78, 5) is 24.2. The molecule has 0 fully saturated rings. The first-order valence-electron chi connectivity index (χ1n) is 9.29. The van der Waals surface area contributed by atoms with E-state index in [4.69, 9.17) is 0 Å². The standard InChI is InChI=1S/C22H29N3O2/c1-15(2)22(18-10-6-5-7-11-18)24-13-20(26)23-14-21(27)25-19-12-8-9-16(3)17(19)4/h5-12,15,22,24H,13-14H2,1-4H3,(H,23,26)(H,25,27)/t22-/m0/s1. The first kappa shape index (κ1) is 20.6. The molecule has 2 aromatic rings. The number of carbonyl (C=O) groups is 2. The second-order valence-electron chi connectivity index (χ2n) is 7.09. The van der Waals surface area contributed by atoms with Crippen molar-refractivity contribution in [2.24, 2.45) is 5.92 Å². The van der Waals surface area contributed by atoms with Crippen molar-refractivity contribution in [3.05, 3.63) is 65.2 Å². The molecule has 0 radical (unpaired) electrons. The molecule has 0 unspecified atom stereocenters. The maximum Gasteiger partial charge on any atom is 0.243 e. The summed E-state index contributed by atoms with van der Waals surface area (Å²) in [6, 6.07) is 15.9. The van der Waals surface area contributed by atoms with Gasteiger partial charge in [0.05, 0.1) is 13.1 Å². The highest BCUT2D eigenvalue weighted by molar-refractivity contribution is 5.95. The molecule has 0 saturated carbocycles. The predicted octanol–water partition coefficient (Wildman–Crippen LogP) is 3.35. The molecule has 0 bridgehead atoms. The van der Waals surface area contributed by atoms with Crippen LogP contribution in [-0.4, -0.2) is 24.9 Å². The number of benzene rings is 2. The third kappa shape index (κ3) is 6.22. The van der Waals surface area contributed by atoms with Gasteiger partial charge in [-0.3, -0.25) is 9.59 Å². The summed E-state index contributed by atoms with van der Waals surface area (Å²) in [5.74, 6) is -0.0963. The van der Waals surface area contributed by atoms with Gasteiger partial charge in [-0.25, -0.2) is 0 Å². The van der Waals surface area contributed by atoms with Gasteiger partial charge in [0.2, 0.25) is 11.8 Å². The molecule has 0 aliphatic rings. The van der Waals surface area contributed by atoms with Crippen LogP contribution in [0.2, 0.25) is 0 Å². The fourth-order valence-electron chi connectivity index (χ4n) is 2.92. The highest BCUT2D eigenvalue weighted by Gasteiger charge is 2.16. The third-order valence-electron chi connectivity index (χ3n) is 4.63. The van der Waals surface area contributed by atoms with Gasteiger partial charge in [-0.1, -0.05) is 56.3 Å². The highest BCUT2D eigenvalue weighted by atomic mass is 16.2. The Kier molecular flexibility index (Phi) is 7.55. The van der Waals surface area contributed by atoms with Gasteiger partial charge in [0.25, 0.3) is 0 Å². The van der Waals surface area contributed by atoms with Gasteiger partial charge >= 0.3 is 0 Å². The minimum Gasteiger partial charge on any atom is -0.346 e. The first-order valence-corrected chi connectivity index (χ1v) is 9.29. The van der Waals surface area contributed by atoms with Crippen LogP contribution in [0.3, 0.4) is 0 Å². The Morgan fingerprint density at radius 1 is 0.889 bits per heavy atom. The van der Waals surface area contributed by atoms with E-state index in [0.29, 0.717) is 5.92 Å². The lowest BCUT2D eigenvalue weighted by Gasteiger charge is -2.22. The van der Waals surface area contributed by atoms with Crippen molar-refractivity contribution in [1.82, 2.24) is 10.6 Å². The quantitative estimate of drug-likeness (QED) is 0.670. The van der Waals surface area contributed by atoms with E-state index in [0.717, 1.165) is 22.4 Å². The van der Waals surface area contributed by atoms with E-state index in [1.54, 1.807) is 0 Å². The maximum absolute atomic E-state index is 12.1. The van der Waals surface area contributed by atoms with Crippen molar-refractivity contribution in [2.75, 3.05) is 18.4 Å². The summed E-state index contributed by atoms with van der Waals surface area (Å²) in [5, 5.41) is 8.79. The molecule has 2 rings (SSSR count). The number of amides is 2. The Bertz CT molecular complexity index is 772. The van der Waals surface area contributed by atoms with Gasteiger partial charge in [0, 0.05) is 11.7 Å². The van der Waals surface area contributed by atoms with Crippen molar-refractivity contribution in [3.63, 3.8) is 0 Å². The minimum atomic E-state index is -0.236. The molecule has 0 saturated heterocycles. The molecule has 0 aliphatic heterocycles. The zero-order valence-corrected chi connectivity index (χ0v) is 16.5. The summed E-state index contributed by atoms with van der Waals surface area (Å²) in [6.07, 6.45) is 0. The number of aryl methyl sites for hydroxylation is 1. The molecule has 2 aromatic carbocycles. The van der Waals surface area contributed by atoms with E-state index >= 15 is 0 Å². The van der Waals surface area contributed by atoms with Crippen LogP contribution in [0.1, 0.15) is 36.6 Å². The van der Waals surface area contributed by atoms with Crippen LogP contribution < -0.4 is 16.0 Å². The number of nitrogens with one attached hydrogen (secondary N) is 3. The summed E-state index contributed by atoms with van der Waals surface area (Å²) in [6.45, 7) is 8.29. The van der Waals surface area contributed by atoms with E-state index in [2.05, 4.69) is 29.8 Å². The second kappa shape index (κ2) is 9.88. The average molecular weight is 367 g/mol. The molecule has 27 heavy (non-hydrogen) atoms. The van der Waals surface area contributed by atoms with Crippen molar-refractivity contribution in [2.45, 2.75) is 33.7 Å². The van der Waals surface area contributed by atoms with Crippen LogP contribution in [0.15, 0.2) is 48.5 Å². The monoisotopic (exact) mass is 367 g/mol.